The lowest BCUT2D eigenvalue weighted by Crippen LogP contribution is -1.98. The third-order valence-corrected chi connectivity index (χ3v) is 3.69. The van der Waals surface area contributed by atoms with Crippen molar-refractivity contribution in [1.82, 2.24) is 0 Å². The minimum atomic E-state index is -0.367. The van der Waals surface area contributed by atoms with Crippen LogP contribution in [0.4, 0.5) is 4.39 Å². The molecule has 3 nitrogen and oxygen atoms in total. The van der Waals surface area contributed by atoms with E-state index in [1.54, 1.807) is 12.1 Å². The fraction of sp³-hybridized carbons (Fsp3) is 0.667. The Kier molecular flexibility index (Phi) is 10.5. The predicted octanol–water partition coefficient (Wildman–Crippen LogP) is 4.72. The molecule has 0 radical (unpaired) electrons. The highest BCUT2D eigenvalue weighted by atomic mass is 19.1. The lowest BCUT2D eigenvalue weighted by Gasteiger charge is -2.08. The highest BCUT2D eigenvalue weighted by Gasteiger charge is 2.03. The SMILES string of the molecule is COc1cc(OCCCCCCCCCCCO)ccc1F. The van der Waals surface area contributed by atoms with E-state index in [4.69, 9.17) is 14.6 Å². The number of hydrogen-bond acceptors (Lipinski definition) is 3. The molecule has 1 rings (SSSR count). The van der Waals surface area contributed by atoms with Gasteiger partial charge in [0.1, 0.15) is 5.75 Å². The van der Waals surface area contributed by atoms with Crippen molar-refractivity contribution in [2.75, 3.05) is 20.3 Å². The minimum Gasteiger partial charge on any atom is -0.494 e. The molecule has 0 aliphatic heterocycles. The maximum atomic E-state index is 13.2. The topological polar surface area (TPSA) is 38.7 Å². The van der Waals surface area contributed by atoms with Crippen LogP contribution in [0.5, 0.6) is 11.5 Å². The molecule has 4 heteroatoms. The van der Waals surface area contributed by atoms with Gasteiger partial charge in [0.2, 0.25) is 0 Å². The van der Waals surface area contributed by atoms with Gasteiger partial charge in [-0.3, -0.25) is 0 Å². The second-order valence-corrected chi connectivity index (χ2v) is 5.55. The van der Waals surface area contributed by atoms with Crippen LogP contribution in [0.25, 0.3) is 0 Å². The summed E-state index contributed by atoms with van der Waals surface area (Å²) in [6, 6.07) is 4.58. The van der Waals surface area contributed by atoms with Gasteiger partial charge in [-0.1, -0.05) is 44.9 Å². The smallest absolute Gasteiger partial charge is 0.165 e. The fourth-order valence-electron chi connectivity index (χ4n) is 2.37. The molecule has 1 aromatic rings. The molecule has 0 saturated carbocycles. The summed E-state index contributed by atoms with van der Waals surface area (Å²) >= 11 is 0. The molecule has 0 spiro atoms. The number of hydrogen-bond donors (Lipinski definition) is 1. The van der Waals surface area contributed by atoms with Crippen molar-refractivity contribution in [1.29, 1.82) is 0 Å². The average molecular weight is 312 g/mol. The van der Waals surface area contributed by atoms with Gasteiger partial charge in [0.05, 0.1) is 13.7 Å². The third kappa shape index (κ3) is 8.23. The van der Waals surface area contributed by atoms with Gasteiger partial charge >= 0.3 is 0 Å². The Morgan fingerprint density at radius 1 is 0.909 bits per heavy atom. The van der Waals surface area contributed by atoms with Crippen LogP contribution in [0, 0.1) is 5.82 Å². The van der Waals surface area contributed by atoms with E-state index in [9.17, 15) is 4.39 Å². The molecule has 0 amide bonds. The number of unbranched alkanes of at least 4 members (excludes halogenated alkanes) is 8. The highest BCUT2D eigenvalue weighted by Crippen LogP contribution is 2.23. The molecule has 0 bridgehead atoms. The lowest BCUT2D eigenvalue weighted by atomic mass is 10.1. The molecule has 0 fully saturated rings. The summed E-state index contributed by atoms with van der Waals surface area (Å²) in [6.45, 7) is 0.977. The molecule has 0 aliphatic carbocycles. The summed E-state index contributed by atoms with van der Waals surface area (Å²) in [6.07, 6.45) is 10.5. The van der Waals surface area contributed by atoms with Gasteiger partial charge in [-0.2, -0.15) is 0 Å². The predicted molar refractivity (Wildman–Crippen MR) is 87.1 cm³/mol. The molecule has 1 N–H and O–H groups in total. The van der Waals surface area contributed by atoms with Crippen LogP contribution in [0.15, 0.2) is 18.2 Å². The van der Waals surface area contributed by atoms with Crippen LogP contribution in [-0.2, 0) is 0 Å². The lowest BCUT2D eigenvalue weighted by molar-refractivity contribution is 0.282. The zero-order valence-corrected chi connectivity index (χ0v) is 13.7. The minimum absolute atomic E-state index is 0.221. The van der Waals surface area contributed by atoms with Crippen LogP contribution in [0.2, 0.25) is 0 Å². The average Bonchev–Trinajstić information content (AvgIpc) is 2.54. The van der Waals surface area contributed by atoms with E-state index in [1.807, 2.05) is 0 Å². The molecular formula is C18H29FO3. The largest absolute Gasteiger partial charge is 0.494 e. The van der Waals surface area contributed by atoms with Gasteiger partial charge in [0, 0.05) is 12.7 Å². The molecule has 0 aromatic heterocycles. The van der Waals surface area contributed by atoms with E-state index >= 15 is 0 Å². The Balaban J connectivity index is 1.97. The van der Waals surface area contributed by atoms with Crippen molar-refractivity contribution in [2.45, 2.75) is 57.8 Å². The van der Waals surface area contributed by atoms with Gasteiger partial charge in [-0.25, -0.2) is 4.39 Å². The number of aliphatic hydroxyl groups is 1. The van der Waals surface area contributed by atoms with E-state index in [-0.39, 0.29) is 11.6 Å². The molecule has 0 unspecified atom stereocenters. The van der Waals surface area contributed by atoms with Crippen LogP contribution in [0.3, 0.4) is 0 Å². The van der Waals surface area contributed by atoms with E-state index in [2.05, 4.69) is 0 Å². The van der Waals surface area contributed by atoms with Crippen molar-refractivity contribution < 1.29 is 19.0 Å². The first-order valence-corrected chi connectivity index (χ1v) is 8.35. The van der Waals surface area contributed by atoms with Crippen LogP contribution in [-0.4, -0.2) is 25.4 Å². The van der Waals surface area contributed by atoms with Gasteiger partial charge in [-0.05, 0) is 25.0 Å². The summed E-state index contributed by atoms with van der Waals surface area (Å²) in [7, 11) is 1.45. The Bertz CT molecular complexity index is 396. The quantitative estimate of drug-likeness (QED) is 0.536. The molecule has 22 heavy (non-hydrogen) atoms. The second kappa shape index (κ2) is 12.3. The molecule has 0 aliphatic rings. The van der Waals surface area contributed by atoms with E-state index in [1.165, 1.54) is 45.3 Å². The molecule has 0 heterocycles. The first-order chi connectivity index (χ1) is 10.8. The zero-order chi connectivity index (χ0) is 16.0. The maximum Gasteiger partial charge on any atom is 0.165 e. The number of ether oxygens (including phenoxy) is 2. The van der Waals surface area contributed by atoms with Crippen molar-refractivity contribution in [3.05, 3.63) is 24.0 Å². The van der Waals surface area contributed by atoms with Gasteiger partial charge < -0.3 is 14.6 Å². The molecular weight excluding hydrogens is 283 g/mol. The van der Waals surface area contributed by atoms with Crippen molar-refractivity contribution in [2.24, 2.45) is 0 Å². The van der Waals surface area contributed by atoms with Crippen molar-refractivity contribution in [3.63, 3.8) is 0 Å². The van der Waals surface area contributed by atoms with E-state index in [0.29, 0.717) is 19.0 Å². The van der Waals surface area contributed by atoms with E-state index in [0.717, 1.165) is 25.7 Å². The normalized spacial score (nSPS) is 10.7. The Morgan fingerprint density at radius 2 is 1.50 bits per heavy atom. The first kappa shape index (κ1) is 18.8. The summed E-state index contributed by atoms with van der Waals surface area (Å²) in [5.74, 6) is 0.509. The van der Waals surface area contributed by atoms with Gasteiger partial charge in [-0.15, -0.1) is 0 Å². The molecule has 126 valence electrons. The summed E-state index contributed by atoms with van der Waals surface area (Å²) < 4.78 is 23.8. The Morgan fingerprint density at radius 3 is 2.09 bits per heavy atom. The molecule has 0 atom stereocenters. The Hall–Kier alpha value is -1.29. The summed E-state index contributed by atoms with van der Waals surface area (Å²) in [5.41, 5.74) is 0. The first-order valence-electron chi connectivity index (χ1n) is 8.35. The summed E-state index contributed by atoms with van der Waals surface area (Å²) in [5, 5.41) is 8.68. The maximum absolute atomic E-state index is 13.2. The zero-order valence-electron chi connectivity index (χ0n) is 13.7. The number of methoxy groups -OCH3 is 1. The third-order valence-electron chi connectivity index (χ3n) is 3.69. The van der Waals surface area contributed by atoms with Gasteiger partial charge in [0.15, 0.2) is 11.6 Å². The monoisotopic (exact) mass is 312 g/mol. The number of halogens is 1. The number of aliphatic hydroxyl groups excluding tert-OH is 1. The van der Waals surface area contributed by atoms with Crippen LogP contribution < -0.4 is 9.47 Å². The van der Waals surface area contributed by atoms with Gasteiger partial charge in [0.25, 0.3) is 0 Å². The van der Waals surface area contributed by atoms with Crippen molar-refractivity contribution >= 4 is 0 Å². The molecule has 1 aromatic carbocycles. The van der Waals surface area contributed by atoms with E-state index < -0.39 is 0 Å². The molecule has 0 saturated heterocycles. The summed E-state index contributed by atoms with van der Waals surface area (Å²) in [4.78, 5) is 0. The second-order valence-electron chi connectivity index (χ2n) is 5.55. The number of rotatable bonds is 13. The van der Waals surface area contributed by atoms with Crippen LogP contribution in [0.1, 0.15) is 57.8 Å². The van der Waals surface area contributed by atoms with Crippen LogP contribution >= 0.6 is 0 Å². The highest BCUT2D eigenvalue weighted by molar-refractivity contribution is 5.34. The Labute approximate surface area is 133 Å². The number of benzene rings is 1. The fourth-order valence-corrected chi connectivity index (χ4v) is 2.37. The van der Waals surface area contributed by atoms with Crippen molar-refractivity contribution in [3.8, 4) is 11.5 Å². The standard InChI is InChI=1S/C18H29FO3/c1-21-18-15-16(11-12-17(18)19)22-14-10-8-6-4-2-3-5-7-9-13-20/h11-12,15,20H,2-10,13-14H2,1H3.